The van der Waals surface area contributed by atoms with Crippen molar-refractivity contribution in [2.45, 2.75) is 56.6 Å². The molecule has 5 heteroatoms. The number of ether oxygens (including phenoxy) is 1. The first kappa shape index (κ1) is 14.5. The van der Waals surface area contributed by atoms with Crippen LogP contribution in [-0.4, -0.2) is 60.0 Å². The molecule has 1 unspecified atom stereocenters. The number of methoxy groups -OCH3 is 1. The Hall–Kier alpha value is -1.10. The highest BCUT2D eigenvalue weighted by Crippen LogP contribution is 2.45. The Morgan fingerprint density at radius 3 is 2.41 bits per heavy atom. The first-order valence-corrected chi connectivity index (χ1v) is 8.79. The zero-order valence-corrected chi connectivity index (χ0v) is 13.4. The summed E-state index contributed by atoms with van der Waals surface area (Å²) < 4.78 is 5.50. The fourth-order valence-electron chi connectivity index (χ4n) is 4.38. The minimum absolute atomic E-state index is 0.134. The molecule has 4 aliphatic rings. The van der Waals surface area contributed by atoms with E-state index < -0.39 is 0 Å². The summed E-state index contributed by atoms with van der Waals surface area (Å²) in [7, 11) is 1.64. The molecule has 0 bridgehead atoms. The van der Waals surface area contributed by atoms with Crippen LogP contribution in [0.3, 0.4) is 0 Å². The molecule has 0 aromatic heterocycles. The quantitative estimate of drug-likeness (QED) is 0.738. The fourth-order valence-corrected chi connectivity index (χ4v) is 4.38. The Labute approximate surface area is 132 Å². The van der Waals surface area contributed by atoms with Crippen molar-refractivity contribution in [2.75, 3.05) is 26.7 Å². The van der Waals surface area contributed by atoms with Crippen LogP contribution in [0.15, 0.2) is 0 Å². The average molecular weight is 306 g/mol. The molecule has 5 nitrogen and oxygen atoms in total. The van der Waals surface area contributed by atoms with Crippen LogP contribution in [-0.2, 0) is 14.3 Å². The Kier molecular flexibility index (Phi) is 3.44. The predicted molar refractivity (Wildman–Crippen MR) is 81.1 cm³/mol. The van der Waals surface area contributed by atoms with Gasteiger partial charge in [0.1, 0.15) is 0 Å². The summed E-state index contributed by atoms with van der Waals surface area (Å²) in [6, 6.07) is 0. The number of likely N-dealkylation sites (tertiary alicyclic amines) is 2. The van der Waals surface area contributed by atoms with Crippen LogP contribution in [0.1, 0.15) is 44.9 Å². The van der Waals surface area contributed by atoms with Gasteiger partial charge >= 0.3 is 0 Å². The number of nitrogens with zero attached hydrogens (tertiary/aromatic N) is 2. The van der Waals surface area contributed by atoms with Crippen molar-refractivity contribution in [1.82, 2.24) is 9.80 Å². The van der Waals surface area contributed by atoms with E-state index in [-0.39, 0.29) is 23.5 Å². The lowest BCUT2D eigenvalue weighted by molar-refractivity contribution is -0.199. The van der Waals surface area contributed by atoms with Crippen molar-refractivity contribution >= 4 is 11.8 Å². The van der Waals surface area contributed by atoms with Gasteiger partial charge in [0.25, 0.3) is 5.91 Å². The number of piperidine rings is 1. The molecule has 22 heavy (non-hydrogen) atoms. The number of rotatable bonds is 4. The van der Waals surface area contributed by atoms with Gasteiger partial charge in [-0.15, -0.1) is 0 Å². The van der Waals surface area contributed by atoms with Gasteiger partial charge in [0.2, 0.25) is 5.91 Å². The number of carbonyl (C=O) groups is 2. The minimum atomic E-state index is -0.285. The van der Waals surface area contributed by atoms with Crippen molar-refractivity contribution in [1.29, 1.82) is 0 Å². The van der Waals surface area contributed by atoms with Gasteiger partial charge in [0, 0.05) is 32.7 Å². The summed E-state index contributed by atoms with van der Waals surface area (Å²) in [5.74, 6) is 1.48. The molecular formula is C17H26N2O3. The lowest BCUT2D eigenvalue weighted by Crippen LogP contribution is -2.77. The van der Waals surface area contributed by atoms with Crippen molar-refractivity contribution < 1.29 is 14.3 Å². The van der Waals surface area contributed by atoms with Crippen LogP contribution in [0, 0.1) is 11.8 Å². The molecule has 4 fully saturated rings. The number of carbonyl (C=O) groups excluding carboxylic acids is 2. The van der Waals surface area contributed by atoms with Crippen molar-refractivity contribution in [3.63, 3.8) is 0 Å². The van der Waals surface area contributed by atoms with Gasteiger partial charge in [-0.25, -0.2) is 0 Å². The van der Waals surface area contributed by atoms with E-state index in [0.717, 1.165) is 45.3 Å². The summed E-state index contributed by atoms with van der Waals surface area (Å²) in [5.41, 5.74) is -0.134. The Morgan fingerprint density at radius 2 is 1.91 bits per heavy atom. The molecular weight excluding hydrogens is 280 g/mol. The van der Waals surface area contributed by atoms with E-state index in [9.17, 15) is 9.59 Å². The highest BCUT2D eigenvalue weighted by atomic mass is 16.5. The van der Waals surface area contributed by atoms with Crippen LogP contribution in [0.25, 0.3) is 0 Å². The highest BCUT2D eigenvalue weighted by Gasteiger charge is 2.61. The summed E-state index contributed by atoms with van der Waals surface area (Å²) >= 11 is 0. The molecule has 1 atom stereocenters. The van der Waals surface area contributed by atoms with Crippen LogP contribution >= 0.6 is 0 Å². The summed E-state index contributed by atoms with van der Waals surface area (Å²) in [6.07, 6.45) is 7.30. The second-order valence-corrected chi connectivity index (χ2v) is 7.56. The molecule has 0 aromatic rings. The van der Waals surface area contributed by atoms with E-state index in [1.807, 2.05) is 4.90 Å². The van der Waals surface area contributed by atoms with E-state index in [2.05, 4.69) is 4.90 Å². The van der Waals surface area contributed by atoms with E-state index >= 15 is 0 Å². The van der Waals surface area contributed by atoms with Crippen LogP contribution in [0.5, 0.6) is 0 Å². The summed E-state index contributed by atoms with van der Waals surface area (Å²) in [6.45, 7) is 2.46. The maximum absolute atomic E-state index is 12.4. The molecule has 1 spiro atoms. The topological polar surface area (TPSA) is 49.9 Å². The lowest BCUT2D eigenvalue weighted by atomic mass is 9.72. The standard InChI is InChI=1S/C17H26N2O3/c1-22-14-16(21)19(11-12-5-6-12)17(14)7-9-18(10-8-17)15(20)13-3-2-4-13/h12-14H,2-11H2,1H3. The smallest absolute Gasteiger partial charge is 0.254 e. The third-order valence-electron chi connectivity index (χ3n) is 6.28. The molecule has 0 aromatic carbocycles. The van der Waals surface area contributed by atoms with Crippen LogP contribution < -0.4 is 0 Å². The van der Waals surface area contributed by atoms with E-state index in [4.69, 9.17) is 4.74 Å². The molecule has 2 saturated heterocycles. The lowest BCUT2D eigenvalue weighted by Gasteiger charge is -2.60. The third kappa shape index (κ3) is 2.08. The normalized spacial score (nSPS) is 31.1. The molecule has 0 N–H and O–H groups in total. The molecule has 0 radical (unpaired) electrons. The molecule has 2 aliphatic heterocycles. The van der Waals surface area contributed by atoms with Crippen LogP contribution in [0.4, 0.5) is 0 Å². The summed E-state index contributed by atoms with van der Waals surface area (Å²) in [5, 5.41) is 0. The van der Waals surface area contributed by atoms with E-state index in [1.54, 1.807) is 7.11 Å². The molecule has 2 aliphatic carbocycles. The van der Waals surface area contributed by atoms with Gasteiger partial charge in [0.15, 0.2) is 6.10 Å². The van der Waals surface area contributed by atoms with Gasteiger partial charge in [-0.05, 0) is 44.4 Å². The zero-order chi connectivity index (χ0) is 15.3. The predicted octanol–water partition coefficient (Wildman–Crippen LogP) is 1.41. The number of amides is 2. The van der Waals surface area contributed by atoms with Gasteiger partial charge in [-0.3, -0.25) is 9.59 Å². The first-order valence-electron chi connectivity index (χ1n) is 8.79. The molecule has 2 amide bonds. The molecule has 2 heterocycles. The third-order valence-corrected chi connectivity index (χ3v) is 6.28. The van der Waals surface area contributed by atoms with Gasteiger partial charge in [-0.2, -0.15) is 0 Å². The van der Waals surface area contributed by atoms with E-state index in [1.165, 1.54) is 19.3 Å². The SMILES string of the molecule is COC1C(=O)N(CC2CC2)C12CCN(C(=O)C1CCC1)CC2. The maximum atomic E-state index is 12.4. The van der Waals surface area contributed by atoms with Crippen molar-refractivity contribution in [3.05, 3.63) is 0 Å². The highest BCUT2D eigenvalue weighted by molar-refractivity contribution is 5.90. The van der Waals surface area contributed by atoms with Crippen molar-refractivity contribution in [3.8, 4) is 0 Å². The number of hydrogen-bond donors (Lipinski definition) is 0. The molecule has 4 rings (SSSR count). The second kappa shape index (κ2) is 5.22. The largest absolute Gasteiger partial charge is 0.369 e. The monoisotopic (exact) mass is 306 g/mol. The second-order valence-electron chi connectivity index (χ2n) is 7.56. The zero-order valence-electron chi connectivity index (χ0n) is 13.4. The Morgan fingerprint density at radius 1 is 1.23 bits per heavy atom. The van der Waals surface area contributed by atoms with E-state index in [0.29, 0.717) is 11.8 Å². The van der Waals surface area contributed by atoms with Gasteiger partial charge in [-0.1, -0.05) is 6.42 Å². The Bertz CT molecular complexity index is 476. The maximum Gasteiger partial charge on any atom is 0.254 e. The minimum Gasteiger partial charge on any atom is -0.369 e. The number of hydrogen-bond acceptors (Lipinski definition) is 3. The average Bonchev–Trinajstić information content (AvgIpc) is 3.28. The Balaban J connectivity index is 1.42. The molecule has 122 valence electrons. The first-order chi connectivity index (χ1) is 10.7. The summed E-state index contributed by atoms with van der Waals surface area (Å²) in [4.78, 5) is 28.8. The van der Waals surface area contributed by atoms with Gasteiger partial charge in [0.05, 0.1) is 5.54 Å². The fraction of sp³-hybridized carbons (Fsp3) is 0.882. The number of β-lactam (4-membered cyclic amide) rings is 1. The van der Waals surface area contributed by atoms with Crippen molar-refractivity contribution in [2.24, 2.45) is 11.8 Å². The molecule has 2 saturated carbocycles. The van der Waals surface area contributed by atoms with Crippen LogP contribution in [0.2, 0.25) is 0 Å². The van der Waals surface area contributed by atoms with Gasteiger partial charge < -0.3 is 14.5 Å².